The Bertz CT molecular complexity index is 1680. The predicted octanol–water partition coefficient (Wildman–Crippen LogP) is 2.68. The van der Waals surface area contributed by atoms with Crippen LogP contribution in [0, 0.1) is 10.1 Å². The molecule has 3 heterocycles. The van der Waals surface area contributed by atoms with Crippen LogP contribution < -0.4 is 14.3 Å². The molecule has 0 aliphatic carbocycles. The highest BCUT2D eigenvalue weighted by molar-refractivity contribution is 5.92. The molecule has 14 nitrogen and oxygen atoms in total. The Balaban J connectivity index is 1.37. The Kier molecular flexibility index (Phi) is 8.93. The van der Waals surface area contributed by atoms with E-state index in [1.165, 1.54) is 34.1 Å². The Hall–Kier alpha value is -5.63. The molecule has 2 saturated heterocycles. The van der Waals surface area contributed by atoms with Crippen molar-refractivity contribution >= 4 is 17.7 Å². The highest BCUT2D eigenvalue weighted by Crippen LogP contribution is 2.39. The van der Waals surface area contributed by atoms with Crippen LogP contribution in [-0.4, -0.2) is 86.4 Å². The number of hydrogen-bond acceptors (Lipinski definition) is 10. The molecule has 0 radical (unpaired) electrons. The number of rotatable bonds is 11. The first kappa shape index (κ1) is 31.4. The number of aryl methyl sites for hydroxylation is 1. The molecule has 6 rings (SSSR count). The molecule has 0 unspecified atom stereocenters. The van der Waals surface area contributed by atoms with E-state index in [1.807, 2.05) is 30.3 Å². The number of hydrazine groups is 1. The topological polar surface area (TPSA) is 155 Å². The zero-order chi connectivity index (χ0) is 33.1. The number of amides is 3. The summed E-state index contributed by atoms with van der Waals surface area (Å²) < 4.78 is 10.9. The molecule has 14 heteroatoms. The van der Waals surface area contributed by atoms with E-state index in [-0.39, 0.29) is 80.4 Å². The second kappa shape index (κ2) is 13.4. The third-order valence-electron chi connectivity index (χ3n) is 8.35. The average molecular weight is 644 g/mol. The Morgan fingerprint density at radius 1 is 1.06 bits per heavy atom. The fraction of sp³-hybridized carbons (Fsp3) is 0.303. The normalized spacial score (nSPS) is 19.0. The highest BCUT2D eigenvalue weighted by atomic mass is 17.0. The summed E-state index contributed by atoms with van der Waals surface area (Å²) in [5.41, 5.74) is 1.95. The van der Waals surface area contributed by atoms with Crippen molar-refractivity contribution in [3.63, 3.8) is 0 Å². The van der Waals surface area contributed by atoms with Gasteiger partial charge in [-0.15, -0.1) is 16.7 Å². The minimum atomic E-state index is -1.02. The van der Waals surface area contributed by atoms with Gasteiger partial charge >= 0.3 is 0 Å². The van der Waals surface area contributed by atoms with E-state index >= 15 is 0 Å². The molecule has 2 atom stereocenters. The van der Waals surface area contributed by atoms with Crippen LogP contribution in [-0.2, 0) is 33.8 Å². The number of hydrogen-bond donors (Lipinski definition) is 1. The molecule has 0 spiro atoms. The lowest BCUT2D eigenvalue weighted by molar-refractivity contribution is -0.711. The minimum Gasteiger partial charge on any atom is -0.508 e. The Morgan fingerprint density at radius 3 is 2.49 bits per heavy atom. The molecule has 3 aromatic carbocycles. The molecular formula is C33H33N5O9. The molecule has 3 aliphatic heterocycles. The molecule has 3 aliphatic rings. The minimum absolute atomic E-state index is 0.0497. The second-order valence-electron chi connectivity index (χ2n) is 11.4. The zero-order valence-electron chi connectivity index (χ0n) is 25.4. The third kappa shape index (κ3) is 6.67. The molecule has 3 aromatic rings. The Morgan fingerprint density at radius 2 is 1.79 bits per heavy atom. The van der Waals surface area contributed by atoms with Gasteiger partial charge in [0.25, 0.3) is 5.09 Å². The van der Waals surface area contributed by atoms with Crippen molar-refractivity contribution in [3.8, 4) is 23.0 Å². The van der Waals surface area contributed by atoms with Crippen LogP contribution in [0.15, 0.2) is 79.4 Å². The molecular weight excluding hydrogens is 610 g/mol. The number of carbonyl (C=O) groups is 3. The lowest BCUT2D eigenvalue weighted by Gasteiger charge is -2.55. The molecule has 2 fully saturated rings. The average Bonchev–Trinajstić information content (AvgIpc) is 3.50. The number of benzene rings is 3. The van der Waals surface area contributed by atoms with E-state index in [0.29, 0.717) is 17.7 Å². The molecule has 0 aromatic heterocycles. The van der Waals surface area contributed by atoms with Crippen LogP contribution in [0.3, 0.4) is 0 Å². The van der Waals surface area contributed by atoms with Crippen LogP contribution in [0.2, 0.25) is 0 Å². The molecule has 1 N–H and O–H groups in total. The number of phenols is 1. The lowest BCUT2D eigenvalue weighted by Crippen LogP contribution is -2.75. The summed E-state index contributed by atoms with van der Waals surface area (Å²) in [6.45, 7) is 3.60. The maximum atomic E-state index is 14.3. The summed E-state index contributed by atoms with van der Waals surface area (Å²) in [6.07, 6.45) is 1.44. The number of fused-ring (bicyclic) bond motifs is 2. The molecule has 47 heavy (non-hydrogen) atoms. The first-order valence-corrected chi connectivity index (χ1v) is 15.1. The lowest BCUT2D eigenvalue weighted by atomic mass is 9.98. The van der Waals surface area contributed by atoms with Crippen molar-refractivity contribution in [1.82, 2.24) is 19.8 Å². The van der Waals surface area contributed by atoms with Crippen LogP contribution in [0.25, 0.3) is 0 Å². The maximum absolute atomic E-state index is 14.3. The first-order chi connectivity index (χ1) is 22.7. The van der Waals surface area contributed by atoms with E-state index in [4.69, 9.17) is 14.3 Å². The standard InChI is InChI=1S/C33H33N5O9/c1-2-14-35-20-32(41)36-26(15-23-8-11-25(39)12-9-23)33(42)34(18-24-16-28-29(46-21-45-28)17-27(24)47-38(43)44)19-30(36)37(35)31(40)13-10-22-6-4-3-5-7-22/h2-9,11-12,16-17,26,30,39H,1,10,13-15,18-21H2/t26-,30-/m0/s1. The summed E-state index contributed by atoms with van der Waals surface area (Å²) in [5, 5.41) is 23.4. The van der Waals surface area contributed by atoms with Crippen molar-refractivity contribution in [1.29, 1.82) is 0 Å². The van der Waals surface area contributed by atoms with Gasteiger partial charge in [0.2, 0.25) is 24.5 Å². The van der Waals surface area contributed by atoms with Crippen molar-refractivity contribution in [2.75, 3.05) is 26.4 Å². The molecule has 244 valence electrons. The van der Waals surface area contributed by atoms with Gasteiger partial charge in [-0.05, 0) is 35.7 Å². The van der Waals surface area contributed by atoms with Crippen molar-refractivity contribution in [2.45, 2.75) is 38.0 Å². The van der Waals surface area contributed by atoms with Crippen molar-refractivity contribution in [3.05, 3.63) is 106 Å². The van der Waals surface area contributed by atoms with Gasteiger partial charge < -0.3 is 24.4 Å². The fourth-order valence-corrected chi connectivity index (χ4v) is 6.23. The largest absolute Gasteiger partial charge is 0.508 e. The third-order valence-corrected chi connectivity index (χ3v) is 8.35. The highest BCUT2D eigenvalue weighted by Gasteiger charge is 2.51. The molecule has 0 saturated carbocycles. The summed E-state index contributed by atoms with van der Waals surface area (Å²) in [6, 6.07) is 17.7. The number of nitrogens with zero attached hydrogens (tertiary/aromatic N) is 5. The van der Waals surface area contributed by atoms with Crippen LogP contribution in [0.4, 0.5) is 0 Å². The quantitative estimate of drug-likeness (QED) is 0.187. The first-order valence-electron chi connectivity index (χ1n) is 15.1. The van der Waals surface area contributed by atoms with Crippen molar-refractivity contribution in [2.24, 2.45) is 0 Å². The molecule has 3 amide bonds. The van der Waals surface area contributed by atoms with Crippen molar-refractivity contribution < 1.29 is 38.9 Å². The predicted molar refractivity (Wildman–Crippen MR) is 165 cm³/mol. The zero-order valence-corrected chi connectivity index (χ0v) is 25.4. The van der Waals surface area contributed by atoms with Crippen LogP contribution >= 0.6 is 0 Å². The van der Waals surface area contributed by atoms with E-state index in [2.05, 4.69) is 6.58 Å². The summed E-state index contributed by atoms with van der Waals surface area (Å²) in [4.78, 5) is 61.3. The van der Waals surface area contributed by atoms with Crippen LogP contribution in [0.1, 0.15) is 23.1 Å². The van der Waals surface area contributed by atoms with Gasteiger partial charge in [0.05, 0.1) is 13.1 Å². The summed E-state index contributed by atoms with van der Waals surface area (Å²) in [5.74, 6) is -0.467. The smallest absolute Gasteiger partial charge is 0.299 e. The number of phenolic OH excluding ortho intramolecular Hbond substituents is 1. The SMILES string of the molecule is C=CCN1CC(=O)N2[C@@H](Cc3ccc(O)cc3)C(=O)N(Cc3cc4c(cc3O[N+](=O)[O-])OCO4)C[C@@H]2N1C(=O)CCc1ccccc1. The summed E-state index contributed by atoms with van der Waals surface area (Å²) in [7, 11) is 0. The van der Waals surface area contributed by atoms with Gasteiger partial charge in [-0.1, -0.05) is 48.5 Å². The fourth-order valence-electron chi connectivity index (χ4n) is 6.23. The van der Waals surface area contributed by atoms with E-state index < -0.39 is 23.2 Å². The summed E-state index contributed by atoms with van der Waals surface area (Å²) >= 11 is 0. The van der Waals surface area contributed by atoms with Gasteiger partial charge in [-0.2, -0.15) is 0 Å². The Labute approximate surface area is 270 Å². The van der Waals surface area contributed by atoms with Gasteiger partial charge in [0, 0.05) is 37.6 Å². The monoisotopic (exact) mass is 643 g/mol. The van der Waals surface area contributed by atoms with Gasteiger partial charge in [-0.25, -0.2) is 10.0 Å². The second-order valence-corrected chi connectivity index (χ2v) is 11.4. The van der Waals surface area contributed by atoms with Gasteiger partial charge in [-0.3, -0.25) is 19.2 Å². The van der Waals surface area contributed by atoms with E-state index in [0.717, 1.165) is 5.56 Å². The van der Waals surface area contributed by atoms with Crippen LogP contribution in [0.5, 0.6) is 23.0 Å². The van der Waals surface area contributed by atoms with E-state index in [9.17, 15) is 29.6 Å². The van der Waals surface area contributed by atoms with Gasteiger partial charge in [0.15, 0.2) is 11.5 Å². The van der Waals surface area contributed by atoms with E-state index in [1.54, 1.807) is 28.2 Å². The molecule has 0 bridgehead atoms. The van der Waals surface area contributed by atoms with Gasteiger partial charge in [0.1, 0.15) is 23.7 Å². The number of ether oxygens (including phenoxy) is 2. The number of aromatic hydroxyl groups is 1. The number of carbonyl (C=O) groups excluding carboxylic acids is 3. The maximum Gasteiger partial charge on any atom is 0.299 e. The number of piperazine rings is 1.